The molecule has 0 atom stereocenters. The van der Waals surface area contributed by atoms with E-state index in [9.17, 15) is 8.42 Å². The van der Waals surface area contributed by atoms with E-state index in [0.717, 1.165) is 11.1 Å². The van der Waals surface area contributed by atoms with Crippen LogP contribution < -0.4 is 9.46 Å². The topological polar surface area (TPSA) is 55.4 Å². The Morgan fingerprint density at radius 1 is 1.09 bits per heavy atom. The number of ether oxygens (including phenoxy) is 1. The first-order valence-electron chi connectivity index (χ1n) is 6.86. The van der Waals surface area contributed by atoms with Gasteiger partial charge in [0.05, 0.1) is 17.2 Å². The molecule has 0 aliphatic rings. The summed E-state index contributed by atoms with van der Waals surface area (Å²) in [5.74, 6) is 0.680. The SMILES string of the molecule is CCOc1ccc(S(=O)(=O)Nc2ccc(C)c(Cl)c2)cc1C. The van der Waals surface area contributed by atoms with Crippen molar-refractivity contribution in [1.82, 2.24) is 0 Å². The summed E-state index contributed by atoms with van der Waals surface area (Å²) in [7, 11) is -3.66. The molecule has 2 aromatic carbocycles. The highest BCUT2D eigenvalue weighted by Gasteiger charge is 2.16. The van der Waals surface area contributed by atoms with E-state index in [1.54, 1.807) is 30.3 Å². The summed E-state index contributed by atoms with van der Waals surface area (Å²) in [5.41, 5.74) is 2.09. The number of hydrogen-bond acceptors (Lipinski definition) is 3. The highest BCUT2D eigenvalue weighted by Crippen LogP contribution is 2.25. The van der Waals surface area contributed by atoms with E-state index in [4.69, 9.17) is 16.3 Å². The molecule has 0 aliphatic heterocycles. The summed E-state index contributed by atoms with van der Waals surface area (Å²) in [6.45, 7) is 6.09. The molecule has 0 amide bonds. The third kappa shape index (κ3) is 3.72. The average Bonchev–Trinajstić information content (AvgIpc) is 2.45. The van der Waals surface area contributed by atoms with Crippen LogP contribution in [0.4, 0.5) is 5.69 Å². The van der Waals surface area contributed by atoms with Gasteiger partial charge in [0.2, 0.25) is 0 Å². The fraction of sp³-hybridized carbons (Fsp3) is 0.250. The molecular formula is C16H18ClNO3S. The maximum Gasteiger partial charge on any atom is 0.261 e. The second-order valence-corrected chi connectivity index (χ2v) is 7.02. The molecule has 0 aliphatic carbocycles. The van der Waals surface area contributed by atoms with Gasteiger partial charge in [-0.05, 0) is 62.2 Å². The predicted octanol–water partition coefficient (Wildman–Crippen LogP) is 4.16. The molecule has 22 heavy (non-hydrogen) atoms. The summed E-state index contributed by atoms with van der Waals surface area (Å²) in [5, 5.41) is 0.517. The van der Waals surface area contributed by atoms with Crippen LogP contribution in [0.1, 0.15) is 18.1 Å². The van der Waals surface area contributed by atoms with Crippen LogP contribution in [-0.2, 0) is 10.0 Å². The highest BCUT2D eigenvalue weighted by molar-refractivity contribution is 7.92. The number of rotatable bonds is 5. The first kappa shape index (κ1) is 16.6. The Morgan fingerprint density at radius 3 is 2.41 bits per heavy atom. The Balaban J connectivity index is 2.30. The van der Waals surface area contributed by atoms with E-state index in [1.165, 1.54) is 6.07 Å². The molecule has 0 bridgehead atoms. The van der Waals surface area contributed by atoms with Crippen LogP contribution in [0.25, 0.3) is 0 Å². The van der Waals surface area contributed by atoms with Gasteiger partial charge in [-0.2, -0.15) is 0 Å². The molecule has 0 saturated carbocycles. The number of halogens is 1. The largest absolute Gasteiger partial charge is 0.494 e. The van der Waals surface area contributed by atoms with E-state index in [1.807, 2.05) is 20.8 Å². The van der Waals surface area contributed by atoms with Crippen molar-refractivity contribution in [3.8, 4) is 5.75 Å². The molecule has 0 fully saturated rings. The summed E-state index contributed by atoms with van der Waals surface area (Å²) in [4.78, 5) is 0.185. The van der Waals surface area contributed by atoms with Crippen molar-refractivity contribution in [2.75, 3.05) is 11.3 Å². The minimum absolute atomic E-state index is 0.185. The lowest BCUT2D eigenvalue weighted by Gasteiger charge is -2.12. The monoisotopic (exact) mass is 339 g/mol. The third-order valence-electron chi connectivity index (χ3n) is 3.18. The van der Waals surface area contributed by atoms with Gasteiger partial charge in [0.15, 0.2) is 0 Å². The molecule has 4 nitrogen and oxygen atoms in total. The molecule has 0 radical (unpaired) electrons. The Kier molecular flexibility index (Phi) is 4.98. The lowest BCUT2D eigenvalue weighted by atomic mass is 10.2. The maximum absolute atomic E-state index is 12.4. The van der Waals surface area contributed by atoms with Crippen LogP contribution >= 0.6 is 11.6 Å². The summed E-state index contributed by atoms with van der Waals surface area (Å²) >= 11 is 6.02. The van der Waals surface area contributed by atoms with E-state index in [-0.39, 0.29) is 4.90 Å². The zero-order valence-corrected chi connectivity index (χ0v) is 14.3. The Hall–Kier alpha value is -1.72. The molecule has 6 heteroatoms. The number of benzene rings is 2. The number of anilines is 1. The van der Waals surface area contributed by atoms with Crippen molar-refractivity contribution >= 4 is 27.3 Å². The third-order valence-corrected chi connectivity index (χ3v) is 4.97. The summed E-state index contributed by atoms with van der Waals surface area (Å²) < 4.78 is 32.8. The van der Waals surface area contributed by atoms with Crippen molar-refractivity contribution in [1.29, 1.82) is 0 Å². The smallest absolute Gasteiger partial charge is 0.261 e. The van der Waals surface area contributed by atoms with Crippen molar-refractivity contribution in [2.45, 2.75) is 25.7 Å². The van der Waals surface area contributed by atoms with Crippen molar-refractivity contribution in [3.05, 3.63) is 52.5 Å². The van der Waals surface area contributed by atoms with Gasteiger partial charge in [-0.3, -0.25) is 4.72 Å². The van der Waals surface area contributed by atoms with E-state index in [2.05, 4.69) is 4.72 Å². The molecule has 2 rings (SSSR count). The zero-order chi connectivity index (χ0) is 16.3. The quantitative estimate of drug-likeness (QED) is 0.890. The van der Waals surface area contributed by atoms with Gasteiger partial charge in [-0.25, -0.2) is 8.42 Å². The average molecular weight is 340 g/mol. The van der Waals surface area contributed by atoms with Gasteiger partial charge in [0, 0.05) is 5.02 Å². The van der Waals surface area contributed by atoms with E-state index >= 15 is 0 Å². The zero-order valence-electron chi connectivity index (χ0n) is 12.7. The molecule has 2 aromatic rings. The molecule has 0 aromatic heterocycles. The van der Waals surface area contributed by atoms with Crippen molar-refractivity contribution in [3.63, 3.8) is 0 Å². The van der Waals surface area contributed by atoms with Crippen LogP contribution in [0.5, 0.6) is 5.75 Å². The second-order valence-electron chi connectivity index (χ2n) is 4.93. The van der Waals surface area contributed by atoms with E-state index in [0.29, 0.717) is 23.1 Å². The standard InChI is InChI=1S/C16H18ClNO3S/c1-4-21-16-8-7-14(9-12(16)3)22(19,20)18-13-6-5-11(2)15(17)10-13/h5-10,18H,4H2,1-3H3. The number of nitrogens with one attached hydrogen (secondary N) is 1. The van der Waals surface area contributed by atoms with Gasteiger partial charge in [0.25, 0.3) is 10.0 Å². The summed E-state index contributed by atoms with van der Waals surface area (Å²) in [6, 6.07) is 9.81. The van der Waals surface area contributed by atoms with Crippen LogP contribution in [0.2, 0.25) is 5.02 Å². The minimum atomic E-state index is -3.66. The molecule has 1 N–H and O–H groups in total. The molecule has 0 spiro atoms. The Morgan fingerprint density at radius 2 is 1.82 bits per heavy atom. The van der Waals surface area contributed by atoms with Crippen LogP contribution in [0, 0.1) is 13.8 Å². The molecule has 0 unspecified atom stereocenters. The second kappa shape index (κ2) is 6.58. The van der Waals surface area contributed by atoms with Crippen molar-refractivity contribution in [2.24, 2.45) is 0 Å². The Bertz CT molecular complexity index is 788. The molecule has 0 saturated heterocycles. The Labute approximate surface area is 136 Å². The van der Waals surface area contributed by atoms with Gasteiger partial charge < -0.3 is 4.74 Å². The lowest BCUT2D eigenvalue weighted by molar-refractivity contribution is 0.337. The number of sulfonamides is 1. The van der Waals surface area contributed by atoms with Gasteiger partial charge in [0.1, 0.15) is 5.75 Å². The normalized spacial score (nSPS) is 11.3. The fourth-order valence-corrected chi connectivity index (χ4v) is 3.29. The molecule has 118 valence electrons. The summed E-state index contributed by atoms with van der Waals surface area (Å²) in [6.07, 6.45) is 0. The first-order valence-corrected chi connectivity index (χ1v) is 8.72. The van der Waals surface area contributed by atoms with Gasteiger partial charge >= 0.3 is 0 Å². The van der Waals surface area contributed by atoms with Crippen molar-refractivity contribution < 1.29 is 13.2 Å². The molecule has 0 heterocycles. The van der Waals surface area contributed by atoms with Gasteiger partial charge in [-0.15, -0.1) is 0 Å². The number of hydrogen-bond donors (Lipinski definition) is 1. The lowest BCUT2D eigenvalue weighted by Crippen LogP contribution is -2.13. The fourth-order valence-electron chi connectivity index (χ4n) is 1.98. The number of aryl methyl sites for hydroxylation is 2. The van der Waals surface area contributed by atoms with Gasteiger partial charge in [-0.1, -0.05) is 17.7 Å². The predicted molar refractivity (Wildman–Crippen MR) is 89.3 cm³/mol. The highest BCUT2D eigenvalue weighted by atomic mass is 35.5. The van der Waals surface area contributed by atoms with Crippen LogP contribution in [-0.4, -0.2) is 15.0 Å². The first-order chi connectivity index (χ1) is 10.3. The van der Waals surface area contributed by atoms with Crippen LogP contribution in [0.3, 0.4) is 0 Å². The molecular weight excluding hydrogens is 322 g/mol. The van der Waals surface area contributed by atoms with E-state index < -0.39 is 10.0 Å². The maximum atomic E-state index is 12.4. The van der Waals surface area contributed by atoms with Crippen LogP contribution in [0.15, 0.2) is 41.3 Å². The minimum Gasteiger partial charge on any atom is -0.494 e.